The van der Waals surface area contributed by atoms with Gasteiger partial charge < -0.3 is 31.1 Å². The maximum Gasteiger partial charge on any atom is 0.247 e. The molecule has 8 atom stereocenters. The summed E-state index contributed by atoms with van der Waals surface area (Å²) in [5, 5.41) is 13.6. The highest BCUT2D eigenvalue weighted by Gasteiger charge is 2.78. The van der Waals surface area contributed by atoms with Crippen LogP contribution in [0.25, 0.3) is 0 Å². The number of amides is 4. The fourth-order valence-corrected chi connectivity index (χ4v) is 10.4. The zero-order valence-electron chi connectivity index (χ0n) is 27.2. The molecule has 6 aliphatic rings. The van der Waals surface area contributed by atoms with Crippen LogP contribution in [0.2, 0.25) is 0 Å². The predicted molar refractivity (Wildman–Crippen MR) is 186 cm³/mol. The Morgan fingerprint density at radius 2 is 0.880 bits per heavy atom. The van der Waals surface area contributed by atoms with Gasteiger partial charge in [-0.05, 0) is 47.2 Å². The summed E-state index contributed by atoms with van der Waals surface area (Å²) in [6.45, 7) is 0. The van der Waals surface area contributed by atoms with Crippen molar-refractivity contribution in [3.63, 3.8) is 0 Å². The summed E-state index contributed by atoms with van der Waals surface area (Å²) in [6.07, 6.45) is 0.273. The molecule has 0 bridgehead atoms. The summed E-state index contributed by atoms with van der Waals surface area (Å²) in [5.74, 6) is -0.632. The molecule has 0 saturated carbocycles. The maximum absolute atomic E-state index is 14.6. The van der Waals surface area contributed by atoms with Gasteiger partial charge in [0.05, 0.1) is 10.8 Å². The Labute approximate surface area is 289 Å². The van der Waals surface area contributed by atoms with E-state index in [-0.39, 0.29) is 23.6 Å². The van der Waals surface area contributed by atoms with Crippen molar-refractivity contribution in [1.29, 1.82) is 0 Å². The molecule has 10 rings (SSSR count). The van der Waals surface area contributed by atoms with Crippen molar-refractivity contribution in [2.75, 3.05) is 10.6 Å². The van der Waals surface area contributed by atoms with E-state index in [1.165, 1.54) is 0 Å². The summed E-state index contributed by atoms with van der Waals surface area (Å²) in [5.41, 5.74) is 4.00. The lowest BCUT2D eigenvalue weighted by molar-refractivity contribution is -0.149. The number of hydrogen-bond acceptors (Lipinski definition) is 6. The van der Waals surface area contributed by atoms with E-state index in [0.717, 1.165) is 33.6 Å². The van der Waals surface area contributed by atoms with Gasteiger partial charge in [0.1, 0.15) is 36.5 Å². The molecule has 4 aromatic carbocycles. The average molecular weight is 665 g/mol. The van der Waals surface area contributed by atoms with Crippen LogP contribution in [0.5, 0.6) is 0 Å². The highest BCUT2D eigenvalue weighted by atomic mass is 16.2. The standard InChI is InChI=1S/C40H36N6O4/c47-33-31-21-39(25-15-7-9-17-27(25)43-37(39)45(31)35(49)29(41-33)19-23-11-3-1-4-12-23)40-22-32-34(48)42-30(20-24-13-5-2-6-14-24)36(50)46(32)38(40)44-28-18-10-8-16-26(28)40/h1-18,29-32,37-38,43-44H,19-22H2,(H,41,47)(H,42,48)/t29-,30-,31-,32-,37+,38+,39-,40-/m1/s1. The molecule has 0 radical (unpaired) electrons. The smallest absolute Gasteiger partial charge is 0.247 e. The fourth-order valence-electron chi connectivity index (χ4n) is 10.4. The molecule has 6 heterocycles. The Morgan fingerprint density at radius 1 is 0.500 bits per heavy atom. The van der Waals surface area contributed by atoms with E-state index >= 15 is 0 Å². The molecule has 6 aliphatic heterocycles. The summed E-state index contributed by atoms with van der Waals surface area (Å²) in [4.78, 5) is 61.2. The minimum absolute atomic E-state index is 0.134. The first kappa shape index (κ1) is 29.3. The first-order chi connectivity index (χ1) is 24.4. The molecule has 0 unspecified atom stereocenters. The monoisotopic (exact) mass is 664 g/mol. The van der Waals surface area contributed by atoms with Crippen molar-refractivity contribution in [3.05, 3.63) is 131 Å². The van der Waals surface area contributed by atoms with E-state index in [9.17, 15) is 19.2 Å². The number of para-hydroxylation sites is 2. The molecule has 4 saturated heterocycles. The molecule has 4 fully saturated rings. The molecule has 50 heavy (non-hydrogen) atoms. The van der Waals surface area contributed by atoms with E-state index in [1.807, 2.05) is 97.1 Å². The number of nitrogens with zero attached hydrogens (tertiary/aromatic N) is 2. The van der Waals surface area contributed by atoms with Crippen LogP contribution in [0.3, 0.4) is 0 Å². The third-order valence-corrected chi connectivity index (χ3v) is 12.3. The van der Waals surface area contributed by atoms with Gasteiger partial charge in [-0.15, -0.1) is 0 Å². The van der Waals surface area contributed by atoms with E-state index in [4.69, 9.17) is 0 Å². The first-order valence-electron chi connectivity index (χ1n) is 17.5. The predicted octanol–water partition coefficient (Wildman–Crippen LogP) is 3.05. The second kappa shape index (κ2) is 10.4. The summed E-state index contributed by atoms with van der Waals surface area (Å²) < 4.78 is 0. The van der Waals surface area contributed by atoms with Gasteiger partial charge in [-0.1, -0.05) is 97.1 Å². The van der Waals surface area contributed by atoms with E-state index < -0.39 is 47.3 Å². The molecule has 4 aromatic rings. The topological polar surface area (TPSA) is 123 Å². The van der Waals surface area contributed by atoms with Gasteiger partial charge in [0.25, 0.3) is 0 Å². The number of carbonyl (C=O) groups excluding carboxylic acids is 4. The number of anilines is 2. The minimum atomic E-state index is -0.861. The first-order valence-corrected chi connectivity index (χ1v) is 17.5. The number of carbonyl (C=O) groups is 4. The van der Waals surface area contributed by atoms with Crippen LogP contribution < -0.4 is 21.3 Å². The van der Waals surface area contributed by atoms with Crippen molar-refractivity contribution in [2.24, 2.45) is 0 Å². The van der Waals surface area contributed by atoms with Crippen molar-refractivity contribution >= 4 is 35.0 Å². The molecule has 10 heteroatoms. The van der Waals surface area contributed by atoms with Crippen LogP contribution >= 0.6 is 0 Å². The van der Waals surface area contributed by atoms with Gasteiger partial charge in [0.2, 0.25) is 23.6 Å². The molecule has 0 spiro atoms. The van der Waals surface area contributed by atoms with E-state index in [1.54, 1.807) is 9.80 Å². The van der Waals surface area contributed by atoms with Crippen LogP contribution in [0.4, 0.5) is 11.4 Å². The Morgan fingerprint density at radius 3 is 1.30 bits per heavy atom. The molecule has 10 nitrogen and oxygen atoms in total. The van der Waals surface area contributed by atoms with Crippen molar-refractivity contribution < 1.29 is 19.2 Å². The molecular weight excluding hydrogens is 628 g/mol. The van der Waals surface area contributed by atoms with Gasteiger partial charge in [-0.2, -0.15) is 0 Å². The summed E-state index contributed by atoms with van der Waals surface area (Å²) in [7, 11) is 0. The average Bonchev–Trinajstić information content (AvgIpc) is 3.85. The molecule has 0 aliphatic carbocycles. The van der Waals surface area contributed by atoms with Crippen molar-refractivity contribution in [2.45, 2.75) is 73.0 Å². The third-order valence-electron chi connectivity index (χ3n) is 12.3. The minimum Gasteiger partial charge on any atom is -0.364 e. The van der Waals surface area contributed by atoms with E-state index in [0.29, 0.717) is 25.7 Å². The zero-order valence-corrected chi connectivity index (χ0v) is 27.2. The van der Waals surface area contributed by atoms with Gasteiger partial charge >= 0.3 is 0 Å². The third kappa shape index (κ3) is 3.73. The largest absolute Gasteiger partial charge is 0.364 e. The van der Waals surface area contributed by atoms with Crippen molar-refractivity contribution in [3.8, 4) is 0 Å². The lowest BCUT2D eigenvalue weighted by Crippen LogP contribution is -2.67. The Balaban J connectivity index is 1.13. The number of benzene rings is 4. The Bertz CT molecular complexity index is 1940. The highest BCUT2D eigenvalue weighted by molar-refractivity contribution is 6.01. The van der Waals surface area contributed by atoms with Crippen LogP contribution in [-0.2, 0) is 42.8 Å². The van der Waals surface area contributed by atoms with Gasteiger partial charge in [-0.3, -0.25) is 19.2 Å². The number of piperazine rings is 2. The summed E-state index contributed by atoms with van der Waals surface area (Å²) in [6, 6.07) is 32.8. The second-order valence-corrected chi connectivity index (χ2v) is 14.6. The van der Waals surface area contributed by atoms with Gasteiger partial charge in [0, 0.05) is 24.2 Å². The lowest BCUT2D eigenvalue weighted by Gasteiger charge is -2.48. The van der Waals surface area contributed by atoms with Gasteiger partial charge in [-0.25, -0.2) is 0 Å². The Hall–Kier alpha value is -5.64. The normalized spacial score (nSPS) is 32.9. The van der Waals surface area contributed by atoms with Crippen LogP contribution in [0.15, 0.2) is 109 Å². The SMILES string of the molecule is O=C1N[C@H](Cc2ccccc2)C(=O)N2[C@@H]1C[C@@]1([C@@]34C[C@@H]5C(=O)N[C@H](Cc6ccccc6)C(=O)N5[C@@H]3Nc3ccccc34)c3ccccc3N[C@@H]21. The molecule has 4 amide bonds. The number of rotatable bonds is 5. The highest BCUT2D eigenvalue weighted by Crippen LogP contribution is 2.68. The molecule has 4 N–H and O–H groups in total. The van der Waals surface area contributed by atoms with Crippen molar-refractivity contribution in [1.82, 2.24) is 20.4 Å². The molecule has 0 aromatic heterocycles. The zero-order chi connectivity index (χ0) is 33.8. The quantitative estimate of drug-likeness (QED) is 0.260. The van der Waals surface area contributed by atoms with E-state index in [2.05, 4.69) is 33.4 Å². The fraction of sp³-hybridized carbons (Fsp3) is 0.300. The van der Waals surface area contributed by atoms with Gasteiger partial charge in [0.15, 0.2) is 0 Å². The van der Waals surface area contributed by atoms with Crippen LogP contribution in [0, 0.1) is 0 Å². The Kier molecular flexibility index (Phi) is 6.11. The molecule has 250 valence electrons. The molecular formula is C40H36N6O4. The maximum atomic E-state index is 14.6. The van der Waals surface area contributed by atoms with Crippen LogP contribution in [-0.4, -0.2) is 69.9 Å². The number of nitrogens with one attached hydrogen (secondary N) is 4. The number of hydrogen-bond donors (Lipinski definition) is 4. The van der Waals surface area contributed by atoms with Crippen LogP contribution in [0.1, 0.15) is 35.1 Å². The number of fused-ring (bicyclic) bond motifs is 11. The second-order valence-electron chi connectivity index (χ2n) is 14.6. The summed E-state index contributed by atoms with van der Waals surface area (Å²) >= 11 is 0. The lowest BCUT2D eigenvalue weighted by atomic mass is 9.54.